The minimum absolute atomic E-state index is 0.224. The molecule has 2 aromatic heterocycles. The number of aryl methyl sites for hydroxylation is 1. The Bertz CT molecular complexity index is 1040. The summed E-state index contributed by atoms with van der Waals surface area (Å²) in [6.45, 7) is 7.65. The third-order valence-electron chi connectivity index (χ3n) is 4.35. The molecule has 0 saturated carbocycles. The smallest absolute Gasteiger partial charge is 0.258 e. The standard InChI is InChI=1S/C21H22Cl2N6O/c1-4-29(5-2)21-25-13(3)11-18(28-21)27-17-12-14(9-10-24-17)26-20(30)19-15(22)7-6-8-16(19)23/h6-12H,4-5H2,1-3H3,(H2,24,25,26,27,28,30). The summed E-state index contributed by atoms with van der Waals surface area (Å²) in [5.74, 6) is 1.40. The molecule has 0 radical (unpaired) electrons. The van der Waals surface area contributed by atoms with Gasteiger partial charge < -0.3 is 15.5 Å². The highest BCUT2D eigenvalue weighted by Gasteiger charge is 2.15. The molecule has 0 aliphatic heterocycles. The fourth-order valence-electron chi connectivity index (χ4n) is 2.88. The largest absolute Gasteiger partial charge is 0.341 e. The van der Waals surface area contributed by atoms with Crippen molar-refractivity contribution in [2.24, 2.45) is 0 Å². The Hall–Kier alpha value is -2.90. The minimum atomic E-state index is -0.399. The van der Waals surface area contributed by atoms with Crippen LogP contribution < -0.4 is 15.5 Å². The van der Waals surface area contributed by atoms with Gasteiger partial charge in [0, 0.05) is 42.8 Å². The molecule has 0 atom stereocenters. The fourth-order valence-corrected chi connectivity index (χ4v) is 3.45. The summed E-state index contributed by atoms with van der Waals surface area (Å²) in [5.41, 5.74) is 1.61. The molecule has 0 aliphatic carbocycles. The first-order chi connectivity index (χ1) is 14.4. The van der Waals surface area contributed by atoms with Crippen LogP contribution in [-0.2, 0) is 0 Å². The maximum absolute atomic E-state index is 12.6. The Morgan fingerprint density at radius 2 is 1.73 bits per heavy atom. The molecule has 0 aliphatic rings. The molecule has 156 valence electrons. The van der Waals surface area contributed by atoms with Gasteiger partial charge in [0.2, 0.25) is 5.95 Å². The van der Waals surface area contributed by atoms with Crippen molar-refractivity contribution in [2.75, 3.05) is 28.6 Å². The Balaban J connectivity index is 1.80. The summed E-state index contributed by atoms with van der Waals surface area (Å²) >= 11 is 12.2. The van der Waals surface area contributed by atoms with E-state index in [4.69, 9.17) is 23.2 Å². The molecule has 1 amide bonds. The number of aromatic nitrogens is 3. The first kappa shape index (κ1) is 21.8. The van der Waals surface area contributed by atoms with Crippen LogP contribution in [-0.4, -0.2) is 33.9 Å². The number of nitrogens with zero attached hydrogens (tertiary/aromatic N) is 4. The summed E-state index contributed by atoms with van der Waals surface area (Å²) in [6.07, 6.45) is 1.59. The number of halogens is 2. The van der Waals surface area contributed by atoms with E-state index in [9.17, 15) is 4.79 Å². The second-order valence-electron chi connectivity index (χ2n) is 6.47. The number of benzene rings is 1. The Labute approximate surface area is 185 Å². The maximum Gasteiger partial charge on any atom is 0.258 e. The van der Waals surface area contributed by atoms with Crippen molar-refractivity contribution in [1.29, 1.82) is 0 Å². The van der Waals surface area contributed by atoms with Crippen LogP contribution >= 0.6 is 23.2 Å². The van der Waals surface area contributed by atoms with E-state index in [1.54, 1.807) is 36.5 Å². The van der Waals surface area contributed by atoms with Crippen molar-refractivity contribution < 1.29 is 4.79 Å². The highest BCUT2D eigenvalue weighted by Crippen LogP contribution is 2.26. The van der Waals surface area contributed by atoms with Crippen molar-refractivity contribution in [3.8, 4) is 0 Å². The number of carbonyl (C=O) groups excluding carboxylic acids is 1. The predicted octanol–water partition coefficient (Wildman–Crippen LogP) is 5.33. The van der Waals surface area contributed by atoms with E-state index in [1.807, 2.05) is 13.0 Å². The van der Waals surface area contributed by atoms with E-state index in [0.29, 0.717) is 23.3 Å². The van der Waals surface area contributed by atoms with Crippen molar-refractivity contribution in [2.45, 2.75) is 20.8 Å². The first-order valence-corrected chi connectivity index (χ1v) is 10.3. The SMILES string of the molecule is CCN(CC)c1nc(C)cc(Nc2cc(NC(=O)c3c(Cl)cccc3Cl)ccn2)n1. The molecule has 2 N–H and O–H groups in total. The molecule has 2 heterocycles. The minimum Gasteiger partial charge on any atom is -0.341 e. The van der Waals surface area contributed by atoms with E-state index in [0.717, 1.165) is 18.8 Å². The number of carbonyl (C=O) groups is 1. The van der Waals surface area contributed by atoms with Crippen LogP contribution in [0.2, 0.25) is 10.0 Å². The molecule has 0 unspecified atom stereocenters. The van der Waals surface area contributed by atoms with Gasteiger partial charge in [-0.3, -0.25) is 4.79 Å². The van der Waals surface area contributed by atoms with Gasteiger partial charge in [-0.2, -0.15) is 4.98 Å². The number of hydrogen-bond acceptors (Lipinski definition) is 6. The van der Waals surface area contributed by atoms with Gasteiger partial charge in [-0.05, 0) is 39.0 Å². The topological polar surface area (TPSA) is 83.0 Å². The Kier molecular flexibility index (Phi) is 7.07. The quantitative estimate of drug-likeness (QED) is 0.512. The molecule has 0 saturated heterocycles. The van der Waals surface area contributed by atoms with Crippen LogP contribution in [0.25, 0.3) is 0 Å². The summed E-state index contributed by atoms with van der Waals surface area (Å²) in [7, 11) is 0. The first-order valence-electron chi connectivity index (χ1n) is 9.50. The predicted molar refractivity (Wildman–Crippen MR) is 122 cm³/mol. The van der Waals surface area contributed by atoms with Crippen molar-refractivity contribution >= 4 is 52.4 Å². The monoisotopic (exact) mass is 444 g/mol. The van der Waals surface area contributed by atoms with Gasteiger partial charge in [0.25, 0.3) is 5.91 Å². The fraction of sp³-hybridized carbons (Fsp3) is 0.238. The van der Waals surface area contributed by atoms with Crippen LogP contribution in [0.1, 0.15) is 29.9 Å². The van der Waals surface area contributed by atoms with Crippen LogP contribution in [0, 0.1) is 6.92 Å². The Morgan fingerprint density at radius 3 is 2.40 bits per heavy atom. The molecule has 0 spiro atoms. The van der Waals surface area contributed by atoms with Gasteiger partial charge >= 0.3 is 0 Å². The Morgan fingerprint density at radius 1 is 1.03 bits per heavy atom. The second kappa shape index (κ2) is 9.73. The molecular formula is C21H22Cl2N6O. The van der Waals surface area contributed by atoms with Crippen molar-refractivity contribution in [3.63, 3.8) is 0 Å². The maximum atomic E-state index is 12.6. The summed E-state index contributed by atoms with van der Waals surface area (Å²) < 4.78 is 0. The molecule has 7 nitrogen and oxygen atoms in total. The number of rotatable bonds is 7. The van der Waals surface area contributed by atoms with Crippen LogP contribution in [0.4, 0.5) is 23.3 Å². The number of anilines is 4. The average molecular weight is 445 g/mol. The lowest BCUT2D eigenvalue weighted by atomic mass is 10.2. The molecule has 9 heteroatoms. The number of pyridine rings is 1. The van der Waals surface area contributed by atoms with Gasteiger partial charge in [0.05, 0.1) is 15.6 Å². The van der Waals surface area contributed by atoms with Crippen molar-refractivity contribution in [3.05, 3.63) is 63.9 Å². The van der Waals surface area contributed by atoms with Gasteiger partial charge in [0.1, 0.15) is 11.6 Å². The van der Waals surface area contributed by atoms with Crippen LogP contribution in [0.5, 0.6) is 0 Å². The lowest BCUT2D eigenvalue weighted by Crippen LogP contribution is -2.24. The zero-order valence-electron chi connectivity index (χ0n) is 16.9. The molecule has 1 aromatic carbocycles. The molecule has 0 bridgehead atoms. The van der Waals surface area contributed by atoms with E-state index in [2.05, 4.69) is 44.3 Å². The van der Waals surface area contributed by atoms with Gasteiger partial charge in [-0.25, -0.2) is 9.97 Å². The number of amides is 1. The average Bonchev–Trinajstić information content (AvgIpc) is 2.68. The zero-order chi connectivity index (χ0) is 21.7. The molecular weight excluding hydrogens is 423 g/mol. The number of nitrogens with one attached hydrogen (secondary N) is 2. The van der Waals surface area contributed by atoms with Crippen molar-refractivity contribution in [1.82, 2.24) is 15.0 Å². The third-order valence-corrected chi connectivity index (χ3v) is 4.98. The van der Waals surface area contributed by atoms with Gasteiger partial charge in [-0.1, -0.05) is 29.3 Å². The lowest BCUT2D eigenvalue weighted by Gasteiger charge is -2.19. The van der Waals surface area contributed by atoms with Crippen LogP contribution in [0.15, 0.2) is 42.6 Å². The normalized spacial score (nSPS) is 10.6. The highest BCUT2D eigenvalue weighted by molar-refractivity contribution is 6.40. The van der Waals surface area contributed by atoms with Crippen LogP contribution in [0.3, 0.4) is 0 Å². The molecule has 3 rings (SSSR count). The van der Waals surface area contributed by atoms with E-state index < -0.39 is 5.91 Å². The second-order valence-corrected chi connectivity index (χ2v) is 7.29. The van der Waals surface area contributed by atoms with E-state index >= 15 is 0 Å². The summed E-state index contributed by atoms with van der Waals surface area (Å²) in [6, 6.07) is 10.1. The third kappa shape index (κ3) is 5.17. The molecule has 3 aromatic rings. The summed E-state index contributed by atoms with van der Waals surface area (Å²) in [5, 5.41) is 6.54. The highest BCUT2D eigenvalue weighted by atomic mass is 35.5. The van der Waals surface area contributed by atoms with E-state index in [1.165, 1.54) is 0 Å². The van der Waals surface area contributed by atoms with E-state index in [-0.39, 0.29) is 15.6 Å². The molecule has 30 heavy (non-hydrogen) atoms. The number of hydrogen-bond donors (Lipinski definition) is 2. The molecule has 0 fully saturated rings. The van der Waals surface area contributed by atoms with Gasteiger partial charge in [0.15, 0.2) is 0 Å². The summed E-state index contributed by atoms with van der Waals surface area (Å²) in [4.78, 5) is 28.1. The lowest BCUT2D eigenvalue weighted by molar-refractivity contribution is 0.102. The van der Waals surface area contributed by atoms with Gasteiger partial charge in [-0.15, -0.1) is 0 Å². The zero-order valence-corrected chi connectivity index (χ0v) is 18.4.